The molecule has 0 atom stereocenters. The van der Waals surface area contributed by atoms with Gasteiger partial charge in [0.05, 0.1) is 5.69 Å². The summed E-state index contributed by atoms with van der Waals surface area (Å²) in [5.74, 6) is 0.143. The minimum absolute atomic E-state index is 0.231. The Hall–Kier alpha value is -2.72. The highest BCUT2D eigenvalue weighted by atomic mass is 35.5. The lowest BCUT2D eigenvalue weighted by Crippen LogP contribution is -2.00. The van der Waals surface area contributed by atoms with Gasteiger partial charge in [0, 0.05) is 23.5 Å². The molecule has 0 N–H and O–H groups in total. The summed E-state index contributed by atoms with van der Waals surface area (Å²) in [6.07, 6.45) is 3.46. The minimum atomic E-state index is -0.339. The first-order chi connectivity index (χ1) is 11.6. The molecule has 0 saturated carbocycles. The van der Waals surface area contributed by atoms with Crippen LogP contribution in [0.15, 0.2) is 60.9 Å². The molecule has 4 aromatic rings. The number of aryl methyl sites for hydroxylation is 1. The van der Waals surface area contributed by atoms with Crippen molar-refractivity contribution in [1.82, 2.24) is 14.4 Å². The van der Waals surface area contributed by atoms with E-state index in [-0.39, 0.29) is 11.0 Å². The molecule has 2 heterocycles. The molecule has 24 heavy (non-hydrogen) atoms. The first-order valence-corrected chi connectivity index (χ1v) is 7.87. The molecule has 0 radical (unpaired) electrons. The largest absolute Gasteiger partial charge is 0.283 e. The average Bonchev–Trinajstić information content (AvgIpc) is 3.03. The van der Waals surface area contributed by atoms with E-state index in [2.05, 4.69) is 9.97 Å². The highest BCUT2D eigenvalue weighted by molar-refractivity contribution is 6.33. The summed E-state index contributed by atoms with van der Waals surface area (Å²) < 4.78 is 16.3. The van der Waals surface area contributed by atoms with Gasteiger partial charge in [0.25, 0.3) is 0 Å². The molecule has 0 aliphatic carbocycles. The fourth-order valence-corrected chi connectivity index (χ4v) is 3.08. The summed E-state index contributed by atoms with van der Waals surface area (Å²) in [6, 6.07) is 14.6. The normalized spacial score (nSPS) is 11.1. The van der Waals surface area contributed by atoms with E-state index >= 15 is 0 Å². The van der Waals surface area contributed by atoms with Crippen LogP contribution in [0.5, 0.6) is 0 Å². The van der Waals surface area contributed by atoms with Crippen LogP contribution in [-0.4, -0.2) is 14.4 Å². The molecule has 0 spiro atoms. The lowest BCUT2D eigenvalue weighted by Gasteiger charge is -2.15. The lowest BCUT2D eigenvalue weighted by molar-refractivity contribution is 0.631. The zero-order chi connectivity index (χ0) is 16.7. The van der Waals surface area contributed by atoms with Crippen LogP contribution in [0.25, 0.3) is 28.2 Å². The fraction of sp³-hybridized carbons (Fsp3) is 0.0526. The predicted molar refractivity (Wildman–Crippen MR) is 93.6 cm³/mol. The molecular weight excluding hydrogens is 325 g/mol. The van der Waals surface area contributed by atoms with E-state index in [0.717, 1.165) is 16.8 Å². The van der Waals surface area contributed by atoms with Gasteiger partial charge < -0.3 is 0 Å². The molecule has 3 nitrogen and oxygen atoms in total. The van der Waals surface area contributed by atoms with Crippen LogP contribution in [0.1, 0.15) is 5.56 Å². The van der Waals surface area contributed by atoms with Gasteiger partial charge >= 0.3 is 0 Å². The number of hydrogen-bond acceptors (Lipinski definition) is 2. The molecule has 2 aromatic heterocycles. The summed E-state index contributed by atoms with van der Waals surface area (Å²) in [6.45, 7) is 2.02. The average molecular weight is 338 g/mol. The Morgan fingerprint density at radius 2 is 1.79 bits per heavy atom. The maximum Gasteiger partial charge on any atom is 0.235 e. The summed E-state index contributed by atoms with van der Waals surface area (Å²) in [5.41, 5.74) is 3.82. The number of imidazole rings is 1. The van der Waals surface area contributed by atoms with Gasteiger partial charge in [-0.15, -0.1) is 0 Å². The number of aromatic nitrogens is 3. The van der Waals surface area contributed by atoms with E-state index in [1.807, 2.05) is 35.6 Å². The van der Waals surface area contributed by atoms with E-state index < -0.39 is 0 Å². The lowest BCUT2D eigenvalue weighted by atomic mass is 9.99. The van der Waals surface area contributed by atoms with Crippen molar-refractivity contribution in [3.63, 3.8) is 0 Å². The molecule has 118 valence electrons. The second-order valence-electron chi connectivity index (χ2n) is 5.57. The number of fused-ring (bicyclic) bond motifs is 1. The van der Waals surface area contributed by atoms with Gasteiger partial charge in [-0.25, -0.2) is 9.37 Å². The number of benzene rings is 2. The Bertz CT molecular complexity index is 1040. The third-order valence-electron chi connectivity index (χ3n) is 3.97. The van der Waals surface area contributed by atoms with Crippen LogP contribution in [0.4, 0.5) is 4.39 Å². The molecule has 4 rings (SSSR count). The second kappa shape index (κ2) is 5.73. The van der Waals surface area contributed by atoms with Gasteiger partial charge in [0.2, 0.25) is 5.78 Å². The Morgan fingerprint density at radius 1 is 1.04 bits per heavy atom. The van der Waals surface area contributed by atoms with Gasteiger partial charge in [0.1, 0.15) is 11.0 Å². The standard InChI is InChI=1S/C19H13ClFN3/c1-12-6-8-13(9-7-12)17-16(14-4-2-3-5-15(14)21)18(20)23-19-22-10-11-24(17)19/h2-11H,1H3. The minimum Gasteiger partial charge on any atom is -0.283 e. The number of nitrogens with zero attached hydrogens (tertiary/aromatic N) is 3. The number of hydrogen-bond donors (Lipinski definition) is 0. The van der Waals surface area contributed by atoms with E-state index in [1.54, 1.807) is 30.6 Å². The highest BCUT2D eigenvalue weighted by Gasteiger charge is 2.20. The second-order valence-corrected chi connectivity index (χ2v) is 5.93. The molecule has 0 aliphatic rings. The van der Waals surface area contributed by atoms with Crippen molar-refractivity contribution in [2.75, 3.05) is 0 Å². The van der Waals surface area contributed by atoms with Crippen LogP contribution in [0.2, 0.25) is 5.15 Å². The third kappa shape index (κ3) is 2.36. The van der Waals surface area contributed by atoms with E-state index in [0.29, 0.717) is 16.9 Å². The molecule has 0 fully saturated rings. The molecule has 0 unspecified atom stereocenters. The topological polar surface area (TPSA) is 30.2 Å². The fourth-order valence-electron chi connectivity index (χ4n) is 2.81. The number of rotatable bonds is 2. The Kier molecular flexibility index (Phi) is 3.54. The summed E-state index contributed by atoms with van der Waals surface area (Å²) >= 11 is 6.42. The molecule has 0 bridgehead atoms. The van der Waals surface area contributed by atoms with Crippen molar-refractivity contribution >= 4 is 17.4 Å². The monoisotopic (exact) mass is 337 g/mol. The van der Waals surface area contributed by atoms with Gasteiger partial charge in [-0.2, -0.15) is 4.98 Å². The molecule has 0 amide bonds. The molecular formula is C19H13ClFN3. The first-order valence-electron chi connectivity index (χ1n) is 7.49. The van der Waals surface area contributed by atoms with Gasteiger partial charge in [-0.05, 0) is 18.6 Å². The SMILES string of the molecule is Cc1ccc(-c2c(-c3ccccc3F)c(Cl)nc3nccn23)cc1. The summed E-state index contributed by atoms with van der Waals surface area (Å²) in [7, 11) is 0. The van der Waals surface area contributed by atoms with Crippen LogP contribution >= 0.6 is 11.6 Å². The van der Waals surface area contributed by atoms with Crippen LogP contribution < -0.4 is 0 Å². The van der Waals surface area contributed by atoms with Crippen molar-refractivity contribution in [2.45, 2.75) is 6.92 Å². The Balaban J connectivity index is 2.13. The van der Waals surface area contributed by atoms with Crippen molar-refractivity contribution < 1.29 is 4.39 Å². The highest BCUT2D eigenvalue weighted by Crippen LogP contribution is 2.38. The first kappa shape index (κ1) is 14.8. The van der Waals surface area contributed by atoms with Crippen molar-refractivity contribution in [3.8, 4) is 22.4 Å². The van der Waals surface area contributed by atoms with Crippen LogP contribution in [-0.2, 0) is 0 Å². The molecule has 0 saturated heterocycles. The number of halogens is 2. The van der Waals surface area contributed by atoms with Crippen molar-refractivity contribution in [1.29, 1.82) is 0 Å². The smallest absolute Gasteiger partial charge is 0.235 e. The maximum atomic E-state index is 14.4. The predicted octanol–water partition coefficient (Wildman–Crippen LogP) is 5.16. The summed E-state index contributed by atoms with van der Waals surface area (Å²) in [4.78, 5) is 8.52. The van der Waals surface area contributed by atoms with Gasteiger partial charge in [-0.1, -0.05) is 59.6 Å². The maximum absolute atomic E-state index is 14.4. The van der Waals surface area contributed by atoms with Crippen LogP contribution in [0, 0.1) is 12.7 Å². The van der Waals surface area contributed by atoms with Gasteiger partial charge in [0.15, 0.2) is 0 Å². The zero-order valence-electron chi connectivity index (χ0n) is 12.9. The van der Waals surface area contributed by atoms with Crippen LogP contribution in [0.3, 0.4) is 0 Å². The summed E-state index contributed by atoms with van der Waals surface area (Å²) in [5, 5.41) is 0.231. The quantitative estimate of drug-likeness (QED) is 0.473. The van der Waals surface area contributed by atoms with E-state index in [9.17, 15) is 4.39 Å². The van der Waals surface area contributed by atoms with Crippen molar-refractivity contribution in [2.24, 2.45) is 0 Å². The Morgan fingerprint density at radius 3 is 2.54 bits per heavy atom. The van der Waals surface area contributed by atoms with Crippen molar-refractivity contribution in [3.05, 3.63) is 77.5 Å². The van der Waals surface area contributed by atoms with E-state index in [1.165, 1.54) is 6.07 Å². The zero-order valence-corrected chi connectivity index (χ0v) is 13.6. The molecule has 2 aromatic carbocycles. The molecule has 0 aliphatic heterocycles. The molecule has 5 heteroatoms. The third-order valence-corrected chi connectivity index (χ3v) is 4.25. The Labute approximate surface area is 143 Å². The van der Waals surface area contributed by atoms with E-state index in [4.69, 9.17) is 11.6 Å². The van der Waals surface area contributed by atoms with Gasteiger partial charge in [-0.3, -0.25) is 4.40 Å².